The highest BCUT2D eigenvalue weighted by Crippen LogP contribution is 2.19. The lowest BCUT2D eigenvalue weighted by molar-refractivity contribution is -0.133. The fourth-order valence-corrected chi connectivity index (χ4v) is 4.06. The highest BCUT2D eigenvalue weighted by Gasteiger charge is 2.27. The van der Waals surface area contributed by atoms with Crippen molar-refractivity contribution < 1.29 is 4.79 Å². The molecule has 1 atom stereocenters. The van der Waals surface area contributed by atoms with Gasteiger partial charge in [-0.2, -0.15) is 0 Å². The molecule has 0 N–H and O–H groups in total. The van der Waals surface area contributed by atoms with Crippen LogP contribution in [0, 0.1) is 13.8 Å². The van der Waals surface area contributed by atoms with Gasteiger partial charge in [0.2, 0.25) is 5.91 Å². The third-order valence-corrected chi connectivity index (χ3v) is 5.91. The van der Waals surface area contributed by atoms with Gasteiger partial charge in [0.05, 0.1) is 16.6 Å². The van der Waals surface area contributed by atoms with Crippen LogP contribution in [-0.2, 0) is 4.79 Å². The standard InChI is InChI=1S/C23H25N3O3/c1-15-10-11-18(14-16(15)2)26-22(28)19-8-4-5-9-20(19)25(23(26)29)17(3)21(27)24-12-6-7-13-24/h4-5,8-11,14,17H,6-7,12-13H2,1-3H3. The van der Waals surface area contributed by atoms with Crippen LogP contribution in [-0.4, -0.2) is 33.0 Å². The van der Waals surface area contributed by atoms with Crippen LogP contribution in [0.4, 0.5) is 0 Å². The number of para-hydroxylation sites is 1. The normalized spacial score (nSPS) is 15.1. The van der Waals surface area contributed by atoms with Crippen LogP contribution in [0.25, 0.3) is 16.6 Å². The third kappa shape index (κ3) is 3.18. The second kappa shape index (κ2) is 7.35. The Kier molecular flexibility index (Phi) is 4.86. The number of rotatable bonds is 3. The zero-order chi connectivity index (χ0) is 20.7. The number of aromatic nitrogens is 2. The number of likely N-dealkylation sites (tertiary alicyclic amines) is 1. The number of nitrogens with zero attached hydrogens (tertiary/aromatic N) is 3. The number of amides is 1. The summed E-state index contributed by atoms with van der Waals surface area (Å²) in [4.78, 5) is 41.6. The SMILES string of the molecule is Cc1ccc(-n2c(=O)c3ccccc3n(C(C)C(=O)N3CCCC3)c2=O)cc1C. The van der Waals surface area contributed by atoms with Crippen LogP contribution in [0.15, 0.2) is 52.1 Å². The third-order valence-electron chi connectivity index (χ3n) is 5.91. The molecule has 0 saturated carbocycles. The van der Waals surface area contributed by atoms with E-state index in [-0.39, 0.29) is 11.5 Å². The van der Waals surface area contributed by atoms with E-state index in [0.717, 1.165) is 24.0 Å². The first-order chi connectivity index (χ1) is 13.9. The van der Waals surface area contributed by atoms with E-state index in [2.05, 4.69) is 0 Å². The molecule has 3 aromatic rings. The fourth-order valence-electron chi connectivity index (χ4n) is 4.06. The number of fused-ring (bicyclic) bond motifs is 1. The topological polar surface area (TPSA) is 64.3 Å². The molecule has 0 bridgehead atoms. The van der Waals surface area contributed by atoms with Crippen molar-refractivity contribution in [2.75, 3.05) is 13.1 Å². The van der Waals surface area contributed by atoms with Crippen molar-refractivity contribution in [3.05, 3.63) is 74.4 Å². The molecule has 0 spiro atoms. The summed E-state index contributed by atoms with van der Waals surface area (Å²) in [5.74, 6) is -0.0833. The van der Waals surface area contributed by atoms with Gasteiger partial charge in [-0.25, -0.2) is 9.36 Å². The van der Waals surface area contributed by atoms with E-state index in [4.69, 9.17) is 0 Å². The monoisotopic (exact) mass is 391 g/mol. The van der Waals surface area contributed by atoms with Crippen molar-refractivity contribution in [1.29, 1.82) is 0 Å². The Morgan fingerprint density at radius 2 is 1.66 bits per heavy atom. The van der Waals surface area contributed by atoms with E-state index in [1.54, 1.807) is 42.2 Å². The molecule has 1 aliphatic rings. The van der Waals surface area contributed by atoms with Crippen LogP contribution >= 0.6 is 0 Å². The highest BCUT2D eigenvalue weighted by molar-refractivity contribution is 5.84. The molecular formula is C23H25N3O3. The largest absolute Gasteiger partial charge is 0.341 e. The zero-order valence-corrected chi connectivity index (χ0v) is 17.0. The van der Waals surface area contributed by atoms with E-state index in [9.17, 15) is 14.4 Å². The smallest absolute Gasteiger partial charge is 0.336 e. The van der Waals surface area contributed by atoms with Crippen LogP contribution in [0.5, 0.6) is 0 Å². The van der Waals surface area contributed by atoms with E-state index < -0.39 is 11.7 Å². The molecule has 2 aromatic carbocycles. The fraction of sp³-hybridized carbons (Fsp3) is 0.348. The lowest BCUT2D eigenvalue weighted by Gasteiger charge is -2.24. The molecule has 2 heterocycles. The minimum absolute atomic E-state index is 0.0833. The van der Waals surface area contributed by atoms with Gasteiger partial charge in [-0.1, -0.05) is 18.2 Å². The molecule has 1 aliphatic heterocycles. The van der Waals surface area contributed by atoms with Gasteiger partial charge in [-0.15, -0.1) is 0 Å². The predicted octanol–water partition coefficient (Wildman–Crippen LogP) is 2.95. The van der Waals surface area contributed by atoms with Gasteiger partial charge in [0, 0.05) is 13.1 Å². The molecule has 1 amide bonds. The molecule has 29 heavy (non-hydrogen) atoms. The molecule has 1 saturated heterocycles. The maximum absolute atomic E-state index is 13.5. The molecule has 1 aromatic heterocycles. The Morgan fingerprint density at radius 3 is 2.34 bits per heavy atom. The maximum Gasteiger partial charge on any atom is 0.336 e. The zero-order valence-electron chi connectivity index (χ0n) is 17.0. The summed E-state index contributed by atoms with van der Waals surface area (Å²) >= 11 is 0. The van der Waals surface area contributed by atoms with Crippen LogP contribution in [0.3, 0.4) is 0 Å². The Balaban J connectivity index is 1.99. The van der Waals surface area contributed by atoms with Crippen LogP contribution < -0.4 is 11.2 Å². The van der Waals surface area contributed by atoms with Crippen molar-refractivity contribution in [3.8, 4) is 5.69 Å². The van der Waals surface area contributed by atoms with Gasteiger partial charge in [0.25, 0.3) is 5.56 Å². The number of aryl methyl sites for hydroxylation is 2. The lowest BCUT2D eigenvalue weighted by atomic mass is 10.1. The summed E-state index contributed by atoms with van der Waals surface area (Å²) in [5, 5.41) is 0.423. The summed E-state index contributed by atoms with van der Waals surface area (Å²) in [5.41, 5.74) is 2.23. The molecule has 0 radical (unpaired) electrons. The second-order valence-corrected chi connectivity index (χ2v) is 7.79. The van der Waals surface area contributed by atoms with Crippen molar-refractivity contribution in [1.82, 2.24) is 14.0 Å². The van der Waals surface area contributed by atoms with E-state index in [1.165, 1.54) is 9.13 Å². The van der Waals surface area contributed by atoms with E-state index in [1.807, 2.05) is 26.0 Å². The van der Waals surface area contributed by atoms with Crippen LogP contribution in [0.2, 0.25) is 0 Å². The Labute approximate surface area is 169 Å². The first kappa shape index (κ1) is 19.2. The number of hydrogen-bond donors (Lipinski definition) is 0. The average Bonchev–Trinajstić information content (AvgIpc) is 3.25. The van der Waals surface area contributed by atoms with E-state index in [0.29, 0.717) is 29.7 Å². The van der Waals surface area contributed by atoms with Crippen molar-refractivity contribution >= 4 is 16.8 Å². The van der Waals surface area contributed by atoms with Gasteiger partial charge >= 0.3 is 5.69 Å². The number of carbonyl (C=O) groups excluding carboxylic acids is 1. The second-order valence-electron chi connectivity index (χ2n) is 7.79. The van der Waals surface area contributed by atoms with Gasteiger partial charge in [0.1, 0.15) is 6.04 Å². The lowest BCUT2D eigenvalue weighted by Crippen LogP contribution is -2.44. The molecule has 6 nitrogen and oxygen atoms in total. The van der Waals surface area contributed by atoms with Crippen LogP contribution in [0.1, 0.15) is 36.9 Å². The van der Waals surface area contributed by atoms with Crippen molar-refractivity contribution in [2.45, 2.75) is 39.7 Å². The molecule has 1 unspecified atom stereocenters. The minimum atomic E-state index is -0.691. The number of benzene rings is 2. The summed E-state index contributed by atoms with van der Waals surface area (Å²) in [6.45, 7) is 7.10. The first-order valence-electron chi connectivity index (χ1n) is 10.0. The summed E-state index contributed by atoms with van der Waals surface area (Å²) in [6, 6.07) is 11.8. The maximum atomic E-state index is 13.5. The van der Waals surface area contributed by atoms with Gasteiger partial charge in [-0.3, -0.25) is 14.2 Å². The summed E-state index contributed by atoms with van der Waals surface area (Å²) < 4.78 is 2.65. The Morgan fingerprint density at radius 1 is 0.966 bits per heavy atom. The molecule has 150 valence electrons. The minimum Gasteiger partial charge on any atom is -0.341 e. The average molecular weight is 391 g/mol. The predicted molar refractivity (Wildman–Crippen MR) is 114 cm³/mol. The Bertz CT molecular complexity index is 1220. The van der Waals surface area contributed by atoms with Gasteiger partial charge < -0.3 is 4.90 Å². The van der Waals surface area contributed by atoms with Crippen molar-refractivity contribution in [2.24, 2.45) is 0 Å². The van der Waals surface area contributed by atoms with Gasteiger partial charge in [0.15, 0.2) is 0 Å². The van der Waals surface area contributed by atoms with E-state index >= 15 is 0 Å². The first-order valence-corrected chi connectivity index (χ1v) is 10.0. The summed E-state index contributed by atoms with van der Waals surface area (Å²) in [6.07, 6.45) is 1.96. The van der Waals surface area contributed by atoms with Crippen molar-refractivity contribution in [3.63, 3.8) is 0 Å². The highest BCUT2D eigenvalue weighted by atomic mass is 16.2. The Hall–Kier alpha value is -3.15. The molecule has 4 rings (SSSR count). The number of hydrogen-bond acceptors (Lipinski definition) is 3. The van der Waals surface area contributed by atoms with Gasteiger partial charge in [-0.05, 0) is 69.0 Å². The quantitative estimate of drug-likeness (QED) is 0.690. The summed E-state index contributed by atoms with van der Waals surface area (Å²) in [7, 11) is 0. The molecular weight excluding hydrogens is 366 g/mol. The molecule has 0 aliphatic carbocycles. The molecule has 1 fully saturated rings. The number of carbonyl (C=O) groups is 1. The molecule has 6 heteroatoms.